The van der Waals surface area contributed by atoms with Gasteiger partial charge in [-0.25, -0.2) is 4.79 Å². The molecule has 3 N–H and O–H groups in total. The van der Waals surface area contributed by atoms with E-state index in [0.29, 0.717) is 13.1 Å². The van der Waals surface area contributed by atoms with E-state index in [2.05, 4.69) is 10.1 Å². The molecule has 0 saturated heterocycles. The Morgan fingerprint density at radius 3 is 2.44 bits per heavy atom. The van der Waals surface area contributed by atoms with Crippen molar-refractivity contribution >= 4 is 12.0 Å². The van der Waals surface area contributed by atoms with Gasteiger partial charge < -0.3 is 10.5 Å². The van der Waals surface area contributed by atoms with Crippen molar-refractivity contribution in [2.45, 2.75) is 27.2 Å². The zero-order valence-electron chi connectivity index (χ0n) is 11.8. The first-order chi connectivity index (χ1) is 8.34. The van der Waals surface area contributed by atoms with Crippen molar-refractivity contribution in [1.82, 2.24) is 10.2 Å². The summed E-state index contributed by atoms with van der Waals surface area (Å²) in [5.41, 5.74) is 5.63. The minimum absolute atomic E-state index is 0.0548. The van der Waals surface area contributed by atoms with Crippen LogP contribution in [0, 0.1) is 5.41 Å². The number of amides is 2. The highest BCUT2D eigenvalue weighted by Crippen LogP contribution is 2.14. The Morgan fingerprint density at radius 1 is 1.39 bits per heavy atom. The summed E-state index contributed by atoms with van der Waals surface area (Å²) in [7, 11) is 1.23. The second-order valence-corrected chi connectivity index (χ2v) is 5.12. The Kier molecular flexibility index (Phi) is 7.54. The molecule has 106 valence electrons. The lowest BCUT2D eigenvalue weighted by molar-refractivity contribution is -0.121. The molecule has 0 fully saturated rings. The van der Waals surface area contributed by atoms with E-state index in [1.165, 1.54) is 7.11 Å². The van der Waals surface area contributed by atoms with E-state index in [-0.39, 0.29) is 17.9 Å². The van der Waals surface area contributed by atoms with Crippen LogP contribution >= 0.6 is 0 Å². The molecule has 0 saturated carbocycles. The first-order valence-corrected chi connectivity index (χ1v) is 6.15. The van der Waals surface area contributed by atoms with Gasteiger partial charge in [0.2, 0.25) is 5.91 Å². The number of rotatable bonds is 7. The maximum Gasteiger partial charge on any atom is 0.413 e. The van der Waals surface area contributed by atoms with E-state index in [4.69, 9.17) is 5.73 Å². The van der Waals surface area contributed by atoms with Gasteiger partial charge in [0.15, 0.2) is 0 Å². The van der Waals surface area contributed by atoms with Crippen LogP contribution in [0.1, 0.15) is 27.2 Å². The van der Waals surface area contributed by atoms with Crippen LogP contribution in [0.2, 0.25) is 0 Å². The third-order valence-corrected chi connectivity index (χ3v) is 2.54. The van der Waals surface area contributed by atoms with Crippen LogP contribution in [-0.4, -0.2) is 50.2 Å². The molecule has 0 atom stereocenters. The number of ether oxygens (including phenoxy) is 1. The van der Waals surface area contributed by atoms with Crippen LogP contribution in [0.25, 0.3) is 0 Å². The Hall–Kier alpha value is -1.14. The topological polar surface area (TPSA) is 84.7 Å². The molecular formula is C12H25N3O3. The number of hydrogen-bond acceptors (Lipinski definition) is 5. The number of imide groups is 1. The zero-order valence-corrected chi connectivity index (χ0v) is 11.8. The van der Waals surface area contributed by atoms with Gasteiger partial charge in [-0.2, -0.15) is 0 Å². The second kappa shape index (κ2) is 8.05. The third kappa shape index (κ3) is 7.24. The predicted octanol–water partition coefficient (Wildman–Crippen LogP) is 0.566. The number of nitrogens with two attached hydrogens (primary N) is 1. The molecule has 0 aliphatic heterocycles. The molecule has 6 nitrogen and oxygen atoms in total. The third-order valence-electron chi connectivity index (χ3n) is 2.54. The maximum absolute atomic E-state index is 11.6. The lowest BCUT2D eigenvalue weighted by Crippen LogP contribution is -2.45. The molecule has 0 bridgehead atoms. The van der Waals surface area contributed by atoms with Crippen molar-refractivity contribution in [3.63, 3.8) is 0 Å². The number of alkyl carbamates (subject to hydrolysis) is 1. The SMILES string of the molecule is CCCN(CC(=O)NC(=O)OC)CC(C)(C)CN. The highest BCUT2D eigenvalue weighted by molar-refractivity contribution is 5.92. The van der Waals surface area contributed by atoms with Crippen LogP contribution in [-0.2, 0) is 9.53 Å². The summed E-state index contributed by atoms with van der Waals surface area (Å²) in [4.78, 5) is 24.5. The molecule has 0 rings (SSSR count). The molecule has 0 unspecified atom stereocenters. The van der Waals surface area contributed by atoms with Crippen molar-refractivity contribution in [3.05, 3.63) is 0 Å². The fourth-order valence-electron chi connectivity index (χ4n) is 1.61. The molecule has 6 heteroatoms. The quantitative estimate of drug-likeness (QED) is 0.698. The van der Waals surface area contributed by atoms with Crippen LogP contribution in [0.3, 0.4) is 0 Å². The van der Waals surface area contributed by atoms with Crippen LogP contribution < -0.4 is 11.1 Å². The predicted molar refractivity (Wildman–Crippen MR) is 70.1 cm³/mol. The van der Waals surface area contributed by atoms with Gasteiger partial charge in [0.1, 0.15) is 0 Å². The standard InChI is InChI=1S/C12H25N3O3/c1-5-6-15(9-12(2,3)8-13)7-10(16)14-11(17)18-4/h5-9,13H2,1-4H3,(H,14,16,17). The number of carbonyl (C=O) groups excluding carboxylic acids is 2. The van der Waals surface area contributed by atoms with Gasteiger partial charge in [-0.05, 0) is 24.9 Å². The Bertz CT molecular complexity index is 280. The molecule has 0 heterocycles. The van der Waals surface area contributed by atoms with Crippen LogP contribution in [0.4, 0.5) is 4.79 Å². The zero-order chi connectivity index (χ0) is 14.2. The number of hydrogen-bond donors (Lipinski definition) is 2. The van der Waals surface area contributed by atoms with E-state index in [9.17, 15) is 9.59 Å². The molecule has 18 heavy (non-hydrogen) atoms. The highest BCUT2D eigenvalue weighted by Gasteiger charge is 2.21. The first kappa shape index (κ1) is 16.9. The van der Waals surface area contributed by atoms with Crippen LogP contribution in [0.5, 0.6) is 0 Å². The number of nitrogens with zero attached hydrogens (tertiary/aromatic N) is 1. The summed E-state index contributed by atoms with van der Waals surface area (Å²) in [5, 5.41) is 2.15. The van der Waals surface area contributed by atoms with Gasteiger partial charge in [0, 0.05) is 6.54 Å². The molecule has 0 aromatic rings. The summed E-state index contributed by atoms with van der Waals surface area (Å²) in [5.74, 6) is -0.358. The Balaban J connectivity index is 4.35. The van der Waals surface area contributed by atoms with Gasteiger partial charge in [-0.1, -0.05) is 20.8 Å². The second-order valence-electron chi connectivity index (χ2n) is 5.12. The molecule has 0 aliphatic carbocycles. The fourth-order valence-corrected chi connectivity index (χ4v) is 1.61. The monoisotopic (exact) mass is 259 g/mol. The van der Waals surface area contributed by atoms with E-state index in [1.807, 2.05) is 25.7 Å². The van der Waals surface area contributed by atoms with Crippen molar-refractivity contribution in [2.75, 3.05) is 33.3 Å². The lowest BCUT2D eigenvalue weighted by atomic mass is 9.93. The minimum Gasteiger partial charge on any atom is -0.453 e. The largest absolute Gasteiger partial charge is 0.453 e. The minimum atomic E-state index is -0.727. The van der Waals surface area contributed by atoms with Gasteiger partial charge in [-0.3, -0.25) is 15.0 Å². The average Bonchev–Trinajstić information content (AvgIpc) is 2.28. The van der Waals surface area contributed by atoms with Crippen molar-refractivity contribution in [2.24, 2.45) is 11.1 Å². The molecule has 0 radical (unpaired) electrons. The first-order valence-electron chi connectivity index (χ1n) is 6.15. The van der Waals surface area contributed by atoms with Crippen molar-refractivity contribution < 1.29 is 14.3 Å². The smallest absolute Gasteiger partial charge is 0.413 e. The fraction of sp³-hybridized carbons (Fsp3) is 0.833. The van der Waals surface area contributed by atoms with Crippen LogP contribution in [0.15, 0.2) is 0 Å². The number of methoxy groups -OCH3 is 1. The van der Waals surface area contributed by atoms with E-state index in [0.717, 1.165) is 13.0 Å². The van der Waals surface area contributed by atoms with Gasteiger partial charge >= 0.3 is 6.09 Å². The summed E-state index contributed by atoms with van der Waals surface area (Å²) in [6.07, 6.45) is 0.209. The number of nitrogens with one attached hydrogen (secondary N) is 1. The van der Waals surface area contributed by atoms with E-state index < -0.39 is 6.09 Å². The summed E-state index contributed by atoms with van der Waals surface area (Å²) >= 11 is 0. The summed E-state index contributed by atoms with van der Waals surface area (Å²) in [6, 6.07) is 0. The van der Waals surface area contributed by atoms with Gasteiger partial charge in [0.05, 0.1) is 13.7 Å². The molecular weight excluding hydrogens is 234 g/mol. The van der Waals surface area contributed by atoms with E-state index in [1.54, 1.807) is 0 Å². The highest BCUT2D eigenvalue weighted by atomic mass is 16.5. The van der Waals surface area contributed by atoms with Gasteiger partial charge in [-0.15, -0.1) is 0 Å². The van der Waals surface area contributed by atoms with Crippen molar-refractivity contribution in [3.8, 4) is 0 Å². The molecule has 0 aromatic carbocycles. The van der Waals surface area contributed by atoms with Gasteiger partial charge in [0.25, 0.3) is 0 Å². The Morgan fingerprint density at radius 2 is 2.00 bits per heavy atom. The summed E-state index contributed by atoms with van der Waals surface area (Å²) in [6.45, 7) is 8.37. The number of carbonyl (C=O) groups is 2. The average molecular weight is 259 g/mol. The summed E-state index contributed by atoms with van der Waals surface area (Å²) < 4.78 is 4.38. The Labute approximate surface area is 109 Å². The lowest BCUT2D eigenvalue weighted by Gasteiger charge is -2.31. The molecule has 0 spiro atoms. The van der Waals surface area contributed by atoms with E-state index >= 15 is 0 Å². The van der Waals surface area contributed by atoms with Crippen molar-refractivity contribution in [1.29, 1.82) is 0 Å². The maximum atomic E-state index is 11.6. The molecule has 2 amide bonds. The normalized spacial score (nSPS) is 11.4. The molecule has 0 aliphatic rings. The molecule has 0 aromatic heterocycles.